The van der Waals surface area contributed by atoms with E-state index < -0.39 is 0 Å². The summed E-state index contributed by atoms with van der Waals surface area (Å²) in [5.41, 5.74) is 8.83. The number of hydrogen-bond donors (Lipinski definition) is 2. The predicted molar refractivity (Wildman–Crippen MR) is 135 cm³/mol. The largest absolute Gasteiger partial charge is 0.382 e. The highest BCUT2D eigenvalue weighted by atomic mass is 16.2. The van der Waals surface area contributed by atoms with Gasteiger partial charge in [0, 0.05) is 36.3 Å². The van der Waals surface area contributed by atoms with Gasteiger partial charge in [-0.3, -0.25) is 14.0 Å². The van der Waals surface area contributed by atoms with Crippen molar-refractivity contribution in [2.75, 3.05) is 17.6 Å². The first-order valence-corrected chi connectivity index (χ1v) is 11.6. The Kier molecular flexibility index (Phi) is 6.28. The normalized spacial score (nSPS) is 15.2. The smallest absolute Gasteiger partial charge is 0.299 e. The van der Waals surface area contributed by atoms with Crippen molar-refractivity contribution in [1.29, 1.82) is 0 Å². The van der Waals surface area contributed by atoms with Crippen LogP contribution in [-0.4, -0.2) is 47.6 Å². The van der Waals surface area contributed by atoms with Gasteiger partial charge >= 0.3 is 0 Å². The lowest BCUT2D eigenvalue weighted by molar-refractivity contribution is -0.129. The highest BCUT2D eigenvalue weighted by Gasteiger charge is 2.32. The molecule has 2 amide bonds. The van der Waals surface area contributed by atoms with E-state index in [-0.39, 0.29) is 17.9 Å². The molecule has 0 radical (unpaired) electrons. The first-order chi connectivity index (χ1) is 17.6. The maximum Gasteiger partial charge on any atom is 0.299 e. The minimum Gasteiger partial charge on any atom is -0.382 e. The number of imidazole rings is 1. The van der Waals surface area contributed by atoms with Gasteiger partial charge in [0.1, 0.15) is 35.0 Å². The van der Waals surface area contributed by atoms with Crippen LogP contribution in [0.3, 0.4) is 0 Å². The number of piperidine rings is 1. The molecule has 1 fully saturated rings. The molecule has 5 rings (SSSR count). The quantitative estimate of drug-likeness (QED) is 0.429. The minimum atomic E-state index is -0.287. The Bertz CT molecular complexity index is 1490. The van der Waals surface area contributed by atoms with E-state index in [1.54, 1.807) is 42.4 Å². The molecule has 10 heteroatoms. The molecule has 180 valence electrons. The number of fused-ring (bicyclic) bond motifs is 1. The van der Waals surface area contributed by atoms with Gasteiger partial charge in [-0.15, -0.1) is 0 Å². The van der Waals surface area contributed by atoms with Gasteiger partial charge in [-0.1, -0.05) is 18.1 Å². The van der Waals surface area contributed by atoms with Crippen LogP contribution < -0.4 is 11.1 Å². The maximum atomic E-state index is 12.7. The Morgan fingerprint density at radius 2 is 1.94 bits per heavy atom. The average molecular weight is 481 g/mol. The maximum absolute atomic E-state index is 12.7. The Morgan fingerprint density at radius 1 is 1.11 bits per heavy atom. The van der Waals surface area contributed by atoms with Gasteiger partial charge in [-0.25, -0.2) is 19.9 Å². The number of aromatic nitrogens is 5. The van der Waals surface area contributed by atoms with Crippen molar-refractivity contribution in [1.82, 2.24) is 29.2 Å². The van der Waals surface area contributed by atoms with Gasteiger partial charge in [0.2, 0.25) is 0 Å². The summed E-state index contributed by atoms with van der Waals surface area (Å²) in [5.74, 6) is 6.34. The molecule has 10 nitrogen and oxygen atoms in total. The second-order valence-corrected chi connectivity index (χ2v) is 8.36. The predicted octanol–water partition coefficient (Wildman–Crippen LogP) is 3.10. The summed E-state index contributed by atoms with van der Waals surface area (Å²) in [6.07, 6.45) is 9.04. The van der Waals surface area contributed by atoms with Crippen molar-refractivity contribution >= 4 is 29.0 Å². The summed E-state index contributed by atoms with van der Waals surface area (Å²) in [6.45, 7) is 2.28. The van der Waals surface area contributed by atoms with Crippen LogP contribution in [0.4, 0.5) is 11.6 Å². The van der Waals surface area contributed by atoms with E-state index in [1.165, 1.54) is 6.33 Å². The molecule has 3 aromatic heterocycles. The first-order valence-electron chi connectivity index (χ1n) is 11.6. The molecule has 4 aromatic rings. The number of likely N-dealkylation sites (tertiary alicyclic amines) is 1. The second kappa shape index (κ2) is 9.84. The number of nitrogens with two attached hydrogens (primary N) is 1. The van der Waals surface area contributed by atoms with E-state index >= 15 is 0 Å². The van der Waals surface area contributed by atoms with Crippen molar-refractivity contribution in [2.45, 2.75) is 32.2 Å². The lowest BCUT2D eigenvalue weighted by Gasteiger charge is -2.33. The van der Waals surface area contributed by atoms with Crippen molar-refractivity contribution in [3.05, 3.63) is 66.6 Å². The lowest BCUT2D eigenvalue weighted by Crippen LogP contribution is -2.38. The molecule has 36 heavy (non-hydrogen) atoms. The number of carbonyl (C=O) groups is 2. The standard InChI is InChI=1S/C26H24N8O2/c1-2-5-21(35)33-14-4-3-6-19(33)25-32-22(23-24(27)29-13-15-34(23)25)17-7-9-18(10-8-17)26(36)31-20-11-12-28-16-30-20/h7-13,15-16,19H,3-4,6,14H2,1H3,(H2,27,29)(H,28,30,31,36)/t19-/m0/s1. The van der Waals surface area contributed by atoms with Crippen LogP contribution >= 0.6 is 0 Å². The minimum absolute atomic E-state index is 0.207. The SMILES string of the molecule is CC#CC(=O)N1CCCC[C@H]1c1nc(-c2ccc(C(=O)Nc3ccncn3)cc2)c2c(N)nccn12. The molecule has 1 saturated heterocycles. The fraction of sp³-hybridized carbons (Fsp3) is 0.231. The van der Waals surface area contributed by atoms with Crippen LogP contribution in [0.2, 0.25) is 0 Å². The Balaban J connectivity index is 1.52. The third-order valence-electron chi connectivity index (χ3n) is 6.15. The van der Waals surface area contributed by atoms with Gasteiger partial charge in [0.15, 0.2) is 0 Å². The van der Waals surface area contributed by atoms with Crippen LogP contribution in [-0.2, 0) is 4.79 Å². The van der Waals surface area contributed by atoms with E-state index in [1.807, 2.05) is 22.7 Å². The molecular formula is C26H24N8O2. The van der Waals surface area contributed by atoms with Crippen molar-refractivity contribution in [3.63, 3.8) is 0 Å². The number of rotatable bonds is 4. The summed E-state index contributed by atoms with van der Waals surface area (Å²) in [4.78, 5) is 44.2. The van der Waals surface area contributed by atoms with Crippen LogP contribution in [0.1, 0.15) is 48.4 Å². The lowest BCUT2D eigenvalue weighted by atomic mass is 10.0. The van der Waals surface area contributed by atoms with Gasteiger partial charge in [0.05, 0.1) is 6.04 Å². The number of carbonyl (C=O) groups excluding carboxylic acids is 2. The van der Waals surface area contributed by atoms with E-state index in [0.717, 1.165) is 24.8 Å². The average Bonchev–Trinajstić information content (AvgIpc) is 3.30. The molecule has 0 bridgehead atoms. The van der Waals surface area contributed by atoms with E-state index in [9.17, 15) is 9.59 Å². The molecule has 4 heterocycles. The number of anilines is 2. The zero-order chi connectivity index (χ0) is 25.1. The van der Waals surface area contributed by atoms with Crippen LogP contribution in [0, 0.1) is 11.8 Å². The number of nitrogens with zero attached hydrogens (tertiary/aromatic N) is 6. The molecule has 0 spiro atoms. The van der Waals surface area contributed by atoms with Gasteiger partial charge in [0.25, 0.3) is 11.8 Å². The third-order valence-corrected chi connectivity index (χ3v) is 6.15. The molecule has 1 aromatic carbocycles. The third kappa shape index (κ3) is 4.34. The molecule has 3 N–H and O–H groups in total. The second-order valence-electron chi connectivity index (χ2n) is 8.36. The van der Waals surface area contributed by atoms with Crippen molar-refractivity contribution in [3.8, 4) is 23.1 Å². The summed E-state index contributed by atoms with van der Waals surface area (Å²) >= 11 is 0. The first kappa shape index (κ1) is 23.0. The van der Waals surface area contributed by atoms with Gasteiger partial charge < -0.3 is 16.0 Å². The molecule has 0 saturated carbocycles. The van der Waals surface area contributed by atoms with Crippen LogP contribution in [0.25, 0.3) is 16.8 Å². The molecular weight excluding hydrogens is 456 g/mol. The van der Waals surface area contributed by atoms with Gasteiger partial charge in [-0.2, -0.15) is 0 Å². The van der Waals surface area contributed by atoms with Gasteiger partial charge in [-0.05, 0) is 50.3 Å². The number of nitrogens with one attached hydrogen (secondary N) is 1. The van der Waals surface area contributed by atoms with Crippen LogP contribution in [0.15, 0.2) is 55.2 Å². The summed E-state index contributed by atoms with van der Waals surface area (Å²) in [6, 6.07) is 8.46. The topological polar surface area (TPSA) is 131 Å². The Morgan fingerprint density at radius 3 is 2.69 bits per heavy atom. The summed E-state index contributed by atoms with van der Waals surface area (Å²) < 4.78 is 1.91. The molecule has 1 atom stereocenters. The van der Waals surface area contributed by atoms with Crippen molar-refractivity contribution < 1.29 is 9.59 Å². The number of hydrogen-bond acceptors (Lipinski definition) is 7. The van der Waals surface area contributed by atoms with E-state index in [2.05, 4.69) is 32.1 Å². The highest BCUT2D eigenvalue weighted by Crippen LogP contribution is 2.35. The van der Waals surface area contributed by atoms with Crippen LogP contribution in [0.5, 0.6) is 0 Å². The zero-order valence-electron chi connectivity index (χ0n) is 19.7. The number of amides is 2. The number of nitrogen functional groups attached to an aromatic ring is 1. The van der Waals surface area contributed by atoms with E-state index in [0.29, 0.717) is 40.8 Å². The zero-order valence-corrected chi connectivity index (χ0v) is 19.7. The fourth-order valence-corrected chi connectivity index (χ4v) is 4.48. The van der Waals surface area contributed by atoms with Crippen molar-refractivity contribution in [2.24, 2.45) is 0 Å². The summed E-state index contributed by atoms with van der Waals surface area (Å²) in [5, 5.41) is 2.74. The Hall–Kier alpha value is -4.78. The summed E-state index contributed by atoms with van der Waals surface area (Å²) in [7, 11) is 0. The molecule has 0 aliphatic carbocycles. The highest BCUT2D eigenvalue weighted by molar-refractivity contribution is 6.04. The fourth-order valence-electron chi connectivity index (χ4n) is 4.48. The molecule has 1 aliphatic heterocycles. The monoisotopic (exact) mass is 480 g/mol. The molecule has 0 unspecified atom stereocenters. The number of benzene rings is 1. The molecule has 1 aliphatic rings. The Labute approximate surface area is 207 Å². The van der Waals surface area contributed by atoms with E-state index in [4.69, 9.17) is 10.7 Å².